The highest BCUT2D eigenvalue weighted by molar-refractivity contribution is 6.14. The van der Waals surface area contributed by atoms with Crippen LogP contribution in [0.5, 0.6) is 0 Å². The fourth-order valence-electron chi connectivity index (χ4n) is 15.3. The van der Waals surface area contributed by atoms with E-state index in [1.165, 1.54) is 176 Å². The molecule has 506 valence electrons. The van der Waals surface area contributed by atoms with E-state index in [1.807, 2.05) is 12.2 Å². The van der Waals surface area contributed by atoms with Crippen LogP contribution < -0.4 is 9.80 Å². The van der Waals surface area contributed by atoms with Crippen LogP contribution in [0, 0.1) is 0 Å². The Bertz CT molecular complexity index is 4590. The maximum atomic E-state index is 3.99. The summed E-state index contributed by atoms with van der Waals surface area (Å²) in [7, 11) is 0. The number of unbranched alkanes of at least 4 members (excludes halogenated alkanes) is 10. The van der Waals surface area contributed by atoms with Crippen molar-refractivity contribution in [2.75, 3.05) is 9.80 Å². The zero-order chi connectivity index (χ0) is 69.2. The van der Waals surface area contributed by atoms with E-state index in [2.05, 4.69) is 319 Å². The van der Waals surface area contributed by atoms with Crippen LogP contribution in [0.2, 0.25) is 0 Å². The summed E-state index contributed by atoms with van der Waals surface area (Å²) in [5.41, 5.74) is 27.4. The SMILES string of the molecule is C=Cc1ccc(-c2ccc(N(c3ccc(-c4cc(CCCCCCCC)c(-c5c(CCCCCCCC)cc(-c6ccc(N(c7ccc(-c8ccc(C=C)cc8)cc7)c7ccc(C(CC)CCC)cc7)cc6)c6ccccc56)c5ccccc45)cc3)c3ccc(C(C)CC)cc3)cc2)cc1. The molecule has 0 saturated carbocycles. The second-order valence-electron chi connectivity index (χ2n) is 27.9. The normalized spacial score (nSPS) is 12.0. The van der Waals surface area contributed by atoms with Gasteiger partial charge in [0.1, 0.15) is 0 Å². The average Bonchev–Trinajstić information content (AvgIpc) is 0.733. The molecule has 12 aromatic rings. The minimum atomic E-state index is 0.495. The van der Waals surface area contributed by atoms with Gasteiger partial charge < -0.3 is 9.80 Å². The first-order chi connectivity index (χ1) is 49.2. The third-order valence-corrected chi connectivity index (χ3v) is 21.3. The van der Waals surface area contributed by atoms with Crippen LogP contribution in [0.1, 0.15) is 189 Å². The molecule has 0 saturated heterocycles. The predicted octanol–water partition coefficient (Wildman–Crippen LogP) is 30.2. The summed E-state index contributed by atoms with van der Waals surface area (Å²) >= 11 is 0. The van der Waals surface area contributed by atoms with Crippen molar-refractivity contribution < 1.29 is 0 Å². The molecule has 12 aromatic carbocycles. The van der Waals surface area contributed by atoms with Crippen LogP contribution in [0.4, 0.5) is 34.1 Å². The highest BCUT2D eigenvalue weighted by Crippen LogP contribution is 2.48. The molecule has 0 aliphatic rings. The lowest BCUT2D eigenvalue weighted by molar-refractivity contribution is 0.596. The lowest BCUT2D eigenvalue weighted by atomic mass is 9.80. The summed E-state index contributed by atoms with van der Waals surface area (Å²) in [6.45, 7) is 21.8. The smallest absolute Gasteiger partial charge is 0.0462 e. The van der Waals surface area contributed by atoms with Gasteiger partial charge in [0.2, 0.25) is 0 Å². The molecular formula is C98H104N2. The Morgan fingerprint density at radius 1 is 0.310 bits per heavy atom. The molecule has 2 heteroatoms. The molecule has 0 aromatic heterocycles. The van der Waals surface area contributed by atoms with Crippen molar-refractivity contribution in [1.82, 2.24) is 0 Å². The molecule has 12 rings (SSSR count). The Morgan fingerprint density at radius 3 is 0.950 bits per heavy atom. The zero-order valence-electron chi connectivity index (χ0n) is 60.6. The van der Waals surface area contributed by atoms with Gasteiger partial charge in [0, 0.05) is 34.1 Å². The Hall–Kier alpha value is -9.76. The summed E-state index contributed by atoms with van der Waals surface area (Å²) in [5, 5.41) is 5.26. The standard InChI is InChI=1S/C98H104N2/c1-9-16-18-20-22-24-31-83-69-95(81-53-65-89(66-54-81)99(85-57-45-75(46-58-85)71(8)12-4)87-61-49-79(50-62-87)77-41-37-72(13-5)38-42-77)91-33-26-28-35-93(91)97(83)98-84(32-25-23-21-19-17-10-2)70-96(92-34-27-29-36-94(92)98)82-55-67-90(68-56-82)100(86-59-47-76(48-60-86)74(15-7)30-11-3)88-63-51-80(52-64-88)78-43-39-73(14-6)40-44-78/h13-14,26-29,33-71,74H,5-6,9-12,15-25,30-32H2,1-4,7-8H3. The Balaban J connectivity index is 0.961. The monoisotopic (exact) mass is 1310 g/mol. The van der Waals surface area contributed by atoms with E-state index in [1.54, 1.807) is 0 Å². The molecule has 0 N–H and O–H groups in total. The Labute approximate surface area is 599 Å². The van der Waals surface area contributed by atoms with Crippen LogP contribution in [-0.4, -0.2) is 0 Å². The van der Waals surface area contributed by atoms with Crippen molar-refractivity contribution in [2.45, 2.75) is 169 Å². The summed E-state index contributed by atoms with van der Waals surface area (Å²) in [6, 6.07) is 97.1. The number of anilines is 6. The number of aryl methyl sites for hydroxylation is 2. The number of nitrogens with zero attached hydrogens (tertiary/aromatic N) is 2. The highest BCUT2D eigenvalue weighted by Gasteiger charge is 2.24. The molecule has 0 heterocycles. The summed E-state index contributed by atoms with van der Waals surface area (Å²) in [6.07, 6.45) is 25.5. The summed E-state index contributed by atoms with van der Waals surface area (Å²) in [4.78, 5) is 4.86. The Kier molecular flexibility index (Phi) is 24.1. The maximum absolute atomic E-state index is 3.99. The van der Waals surface area contributed by atoms with Crippen molar-refractivity contribution in [3.8, 4) is 55.6 Å². The second kappa shape index (κ2) is 34.3. The minimum absolute atomic E-state index is 0.495. The lowest BCUT2D eigenvalue weighted by Crippen LogP contribution is -2.10. The van der Waals surface area contributed by atoms with E-state index in [0.717, 1.165) is 83.8 Å². The maximum Gasteiger partial charge on any atom is 0.0462 e. The molecule has 2 unspecified atom stereocenters. The van der Waals surface area contributed by atoms with Gasteiger partial charge in [0.15, 0.2) is 0 Å². The van der Waals surface area contributed by atoms with E-state index in [0.29, 0.717) is 11.8 Å². The van der Waals surface area contributed by atoms with E-state index in [4.69, 9.17) is 0 Å². The topological polar surface area (TPSA) is 6.48 Å². The highest BCUT2D eigenvalue weighted by atomic mass is 15.1. The van der Waals surface area contributed by atoms with Gasteiger partial charge in [0.25, 0.3) is 0 Å². The zero-order valence-corrected chi connectivity index (χ0v) is 60.6. The molecule has 0 spiro atoms. The molecule has 0 bridgehead atoms. The average molecular weight is 1310 g/mol. The van der Waals surface area contributed by atoms with Gasteiger partial charge >= 0.3 is 0 Å². The van der Waals surface area contributed by atoms with Gasteiger partial charge in [-0.1, -0.05) is 307 Å². The quantitative estimate of drug-likeness (QED) is 0.0378. The first kappa shape index (κ1) is 70.1. The van der Waals surface area contributed by atoms with Crippen LogP contribution in [0.15, 0.2) is 268 Å². The summed E-state index contributed by atoms with van der Waals surface area (Å²) < 4.78 is 0. The predicted molar refractivity (Wildman–Crippen MR) is 439 cm³/mol. The molecule has 0 radical (unpaired) electrons. The van der Waals surface area contributed by atoms with Crippen LogP contribution in [-0.2, 0) is 12.8 Å². The number of hydrogen-bond acceptors (Lipinski definition) is 2. The fraction of sp³-hybridized carbons (Fsp3) is 0.265. The lowest BCUT2D eigenvalue weighted by Gasteiger charge is -2.27. The second-order valence-corrected chi connectivity index (χ2v) is 27.9. The number of rotatable bonds is 33. The third-order valence-electron chi connectivity index (χ3n) is 21.3. The van der Waals surface area contributed by atoms with Crippen LogP contribution in [0.3, 0.4) is 0 Å². The first-order valence-corrected chi connectivity index (χ1v) is 38.0. The van der Waals surface area contributed by atoms with Crippen molar-refractivity contribution in [1.29, 1.82) is 0 Å². The van der Waals surface area contributed by atoms with E-state index < -0.39 is 0 Å². The molecule has 0 amide bonds. The van der Waals surface area contributed by atoms with Crippen molar-refractivity contribution >= 4 is 67.8 Å². The van der Waals surface area contributed by atoms with Gasteiger partial charge in [-0.2, -0.15) is 0 Å². The van der Waals surface area contributed by atoms with Crippen LogP contribution in [0.25, 0.3) is 89.3 Å². The molecule has 100 heavy (non-hydrogen) atoms. The number of benzene rings is 12. The van der Waals surface area contributed by atoms with Gasteiger partial charge in [-0.3, -0.25) is 0 Å². The number of fused-ring (bicyclic) bond motifs is 2. The molecule has 0 aliphatic heterocycles. The van der Waals surface area contributed by atoms with Gasteiger partial charge in [-0.05, 0) is 252 Å². The van der Waals surface area contributed by atoms with Crippen molar-refractivity contribution in [3.63, 3.8) is 0 Å². The molecule has 0 aliphatic carbocycles. The molecular weight excluding hydrogens is 1210 g/mol. The summed E-state index contributed by atoms with van der Waals surface area (Å²) in [5.74, 6) is 1.06. The van der Waals surface area contributed by atoms with Crippen molar-refractivity contribution in [2.24, 2.45) is 0 Å². The molecule has 2 atom stereocenters. The van der Waals surface area contributed by atoms with Crippen LogP contribution >= 0.6 is 0 Å². The first-order valence-electron chi connectivity index (χ1n) is 38.0. The van der Waals surface area contributed by atoms with Gasteiger partial charge in [-0.15, -0.1) is 0 Å². The van der Waals surface area contributed by atoms with E-state index in [-0.39, 0.29) is 0 Å². The number of hydrogen-bond donors (Lipinski definition) is 0. The molecule has 2 nitrogen and oxygen atoms in total. The Morgan fingerprint density at radius 2 is 0.620 bits per heavy atom. The third kappa shape index (κ3) is 16.3. The van der Waals surface area contributed by atoms with E-state index in [9.17, 15) is 0 Å². The van der Waals surface area contributed by atoms with Gasteiger partial charge in [-0.25, -0.2) is 0 Å². The molecule has 0 fully saturated rings. The van der Waals surface area contributed by atoms with Gasteiger partial charge in [0.05, 0.1) is 0 Å². The fourth-order valence-corrected chi connectivity index (χ4v) is 15.3. The van der Waals surface area contributed by atoms with Crippen molar-refractivity contribution in [3.05, 3.63) is 301 Å². The minimum Gasteiger partial charge on any atom is -0.311 e. The van der Waals surface area contributed by atoms with E-state index >= 15 is 0 Å². The largest absolute Gasteiger partial charge is 0.311 e.